The molecule has 90 valence electrons. The molecule has 1 amide bonds. The van der Waals surface area contributed by atoms with Crippen molar-refractivity contribution >= 4 is 5.91 Å². The maximum Gasteiger partial charge on any atom is 0.254 e. The van der Waals surface area contributed by atoms with Crippen molar-refractivity contribution in [3.63, 3.8) is 0 Å². The fourth-order valence-electron chi connectivity index (χ4n) is 1.59. The number of rotatable bonds is 3. The lowest BCUT2D eigenvalue weighted by Crippen LogP contribution is -2.30. The molecular formula is C11H20N4O. The molecule has 1 heterocycles. The van der Waals surface area contributed by atoms with Crippen molar-refractivity contribution in [2.45, 2.75) is 33.2 Å². The molecule has 1 aromatic heterocycles. The Balaban J connectivity index is 2.92. The minimum atomic E-state index is -0.115. The van der Waals surface area contributed by atoms with Crippen LogP contribution < -0.4 is 11.1 Å². The van der Waals surface area contributed by atoms with Gasteiger partial charge in [0.15, 0.2) is 0 Å². The lowest BCUT2D eigenvalue weighted by atomic mass is 10.1. The molecule has 0 aliphatic heterocycles. The van der Waals surface area contributed by atoms with E-state index >= 15 is 0 Å². The van der Waals surface area contributed by atoms with E-state index in [0.717, 1.165) is 5.69 Å². The number of nitrogens with two attached hydrogens (primary N) is 1. The number of carbonyl (C=O) groups is 1. The van der Waals surface area contributed by atoms with Gasteiger partial charge in [0.1, 0.15) is 0 Å². The maximum atomic E-state index is 11.7. The van der Waals surface area contributed by atoms with Crippen LogP contribution in [0.25, 0.3) is 0 Å². The van der Waals surface area contributed by atoms with Gasteiger partial charge in [-0.2, -0.15) is 5.10 Å². The molecule has 0 bridgehead atoms. The number of nitrogens with zero attached hydrogens (tertiary/aromatic N) is 2. The number of nitrogens with one attached hydrogen (secondary N) is 1. The van der Waals surface area contributed by atoms with Gasteiger partial charge < -0.3 is 11.1 Å². The summed E-state index contributed by atoms with van der Waals surface area (Å²) in [7, 11) is 0. The molecule has 0 spiro atoms. The van der Waals surface area contributed by atoms with E-state index < -0.39 is 0 Å². The maximum absolute atomic E-state index is 11.7. The van der Waals surface area contributed by atoms with Crippen LogP contribution in [0.2, 0.25) is 0 Å². The second-order valence-electron chi connectivity index (χ2n) is 4.77. The van der Waals surface area contributed by atoms with Gasteiger partial charge in [0.25, 0.3) is 5.91 Å². The lowest BCUT2D eigenvalue weighted by molar-refractivity contribution is 0.0954. The molecule has 0 aliphatic rings. The summed E-state index contributed by atoms with van der Waals surface area (Å²) in [6.07, 6.45) is 1.60. The first-order valence-electron chi connectivity index (χ1n) is 5.41. The molecule has 3 N–H and O–H groups in total. The van der Waals surface area contributed by atoms with Gasteiger partial charge in [-0.15, -0.1) is 0 Å². The van der Waals surface area contributed by atoms with Crippen LogP contribution in [0, 0.1) is 6.92 Å². The van der Waals surface area contributed by atoms with E-state index in [1.807, 2.05) is 11.6 Å². The molecule has 0 saturated carbocycles. The summed E-state index contributed by atoms with van der Waals surface area (Å²) in [5.41, 5.74) is 6.71. The summed E-state index contributed by atoms with van der Waals surface area (Å²) in [5, 5.41) is 6.98. The molecule has 0 unspecified atom stereocenters. The van der Waals surface area contributed by atoms with E-state index in [1.165, 1.54) is 0 Å². The SMILES string of the molecule is Cc1c(C(=O)NCCN)cnn1C(C)(C)C. The second-order valence-corrected chi connectivity index (χ2v) is 4.77. The molecule has 0 aromatic carbocycles. The van der Waals surface area contributed by atoms with Crippen LogP contribution in [0.5, 0.6) is 0 Å². The Labute approximate surface area is 96.0 Å². The highest BCUT2D eigenvalue weighted by atomic mass is 16.1. The van der Waals surface area contributed by atoms with Crippen molar-refractivity contribution in [2.75, 3.05) is 13.1 Å². The van der Waals surface area contributed by atoms with Crippen LogP contribution in [-0.2, 0) is 5.54 Å². The number of carbonyl (C=O) groups excluding carboxylic acids is 1. The zero-order valence-corrected chi connectivity index (χ0v) is 10.4. The van der Waals surface area contributed by atoms with Crippen LogP contribution in [0.15, 0.2) is 6.20 Å². The molecule has 0 fully saturated rings. The fourth-order valence-corrected chi connectivity index (χ4v) is 1.59. The third kappa shape index (κ3) is 2.61. The van der Waals surface area contributed by atoms with Crippen LogP contribution in [0.4, 0.5) is 0 Å². The summed E-state index contributed by atoms with van der Waals surface area (Å²) in [6, 6.07) is 0. The number of hydrogen-bond donors (Lipinski definition) is 2. The van der Waals surface area contributed by atoms with E-state index in [0.29, 0.717) is 18.7 Å². The summed E-state index contributed by atoms with van der Waals surface area (Å²) < 4.78 is 1.85. The van der Waals surface area contributed by atoms with Crippen molar-refractivity contribution in [1.29, 1.82) is 0 Å². The van der Waals surface area contributed by atoms with Gasteiger partial charge in [0, 0.05) is 18.8 Å². The first-order chi connectivity index (χ1) is 7.38. The Kier molecular flexibility index (Phi) is 3.70. The molecule has 0 atom stereocenters. The smallest absolute Gasteiger partial charge is 0.254 e. The zero-order valence-electron chi connectivity index (χ0n) is 10.4. The third-order valence-corrected chi connectivity index (χ3v) is 2.32. The highest BCUT2D eigenvalue weighted by Crippen LogP contribution is 2.17. The summed E-state index contributed by atoms with van der Waals surface area (Å²) in [6.45, 7) is 8.98. The van der Waals surface area contributed by atoms with Crippen LogP contribution in [0.1, 0.15) is 36.8 Å². The van der Waals surface area contributed by atoms with E-state index in [-0.39, 0.29) is 11.4 Å². The standard InChI is InChI=1S/C11H20N4O/c1-8-9(10(16)13-6-5-12)7-14-15(8)11(2,3)4/h7H,5-6,12H2,1-4H3,(H,13,16). The first-order valence-corrected chi connectivity index (χ1v) is 5.41. The normalized spacial score (nSPS) is 11.6. The minimum Gasteiger partial charge on any atom is -0.351 e. The number of amides is 1. The summed E-state index contributed by atoms with van der Waals surface area (Å²) >= 11 is 0. The van der Waals surface area contributed by atoms with Crippen LogP contribution >= 0.6 is 0 Å². The average Bonchev–Trinajstić information content (AvgIpc) is 2.56. The molecule has 5 heteroatoms. The van der Waals surface area contributed by atoms with E-state index in [4.69, 9.17) is 5.73 Å². The molecule has 16 heavy (non-hydrogen) atoms. The van der Waals surface area contributed by atoms with Crippen molar-refractivity contribution in [3.05, 3.63) is 17.5 Å². The van der Waals surface area contributed by atoms with Crippen LogP contribution in [0.3, 0.4) is 0 Å². The Morgan fingerprint density at radius 2 is 2.19 bits per heavy atom. The second kappa shape index (κ2) is 4.65. The molecule has 0 aliphatic carbocycles. The van der Waals surface area contributed by atoms with Gasteiger partial charge >= 0.3 is 0 Å². The van der Waals surface area contributed by atoms with Crippen molar-refractivity contribution in [2.24, 2.45) is 5.73 Å². The van der Waals surface area contributed by atoms with Crippen molar-refractivity contribution < 1.29 is 4.79 Å². The van der Waals surface area contributed by atoms with Gasteiger partial charge in [0.05, 0.1) is 17.3 Å². The summed E-state index contributed by atoms with van der Waals surface area (Å²) in [4.78, 5) is 11.7. The molecule has 0 saturated heterocycles. The van der Waals surface area contributed by atoms with Gasteiger partial charge in [0.2, 0.25) is 0 Å². The quantitative estimate of drug-likeness (QED) is 0.791. The molecule has 1 rings (SSSR count). The third-order valence-electron chi connectivity index (χ3n) is 2.32. The van der Waals surface area contributed by atoms with Crippen molar-refractivity contribution in [3.8, 4) is 0 Å². The van der Waals surface area contributed by atoms with E-state index in [2.05, 4.69) is 31.2 Å². The van der Waals surface area contributed by atoms with Crippen LogP contribution in [-0.4, -0.2) is 28.8 Å². The highest BCUT2D eigenvalue weighted by Gasteiger charge is 2.20. The number of hydrogen-bond acceptors (Lipinski definition) is 3. The Bertz CT molecular complexity index is 376. The van der Waals surface area contributed by atoms with Gasteiger partial charge in [-0.05, 0) is 27.7 Å². The van der Waals surface area contributed by atoms with Gasteiger partial charge in [-0.1, -0.05) is 0 Å². The van der Waals surface area contributed by atoms with E-state index in [1.54, 1.807) is 6.20 Å². The zero-order chi connectivity index (χ0) is 12.3. The largest absolute Gasteiger partial charge is 0.351 e. The van der Waals surface area contributed by atoms with E-state index in [9.17, 15) is 4.79 Å². The Morgan fingerprint density at radius 3 is 2.62 bits per heavy atom. The Hall–Kier alpha value is -1.36. The Morgan fingerprint density at radius 1 is 1.56 bits per heavy atom. The topological polar surface area (TPSA) is 72.9 Å². The van der Waals surface area contributed by atoms with Crippen molar-refractivity contribution in [1.82, 2.24) is 15.1 Å². The average molecular weight is 224 g/mol. The monoisotopic (exact) mass is 224 g/mol. The van der Waals surface area contributed by atoms with Gasteiger partial charge in [-0.25, -0.2) is 0 Å². The molecular weight excluding hydrogens is 204 g/mol. The lowest BCUT2D eigenvalue weighted by Gasteiger charge is -2.21. The minimum absolute atomic E-state index is 0.113. The predicted octanol–water partition coefficient (Wildman–Crippen LogP) is 0.635. The highest BCUT2D eigenvalue weighted by molar-refractivity contribution is 5.95. The number of aromatic nitrogens is 2. The van der Waals surface area contributed by atoms with Gasteiger partial charge in [-0.3, -0.25) is 9.48 Å². The predicted molar refractivity (Wildman–Crippen MR) is 63.3 cm³/mol. The first kappa shape index (κ1) is 12.7. The molecule has 5 nitrogen and oxygen atoms in total. The summed E-state index contributed by atoms with van der Waals surface area (Å²) in [5.74, 6) is -0.113. The molecule has 0 radical (unpaired) electrons. The molecule has 1 aromatic rings. The fraction of sp³-hybridized carbons (Fsp3) is 0.636.